The Bertz CT molecular complexity index is 510. The first-order chi connectivity index (χ1) is 12.1. The minimum Gasteiger partial charge on any atom is -0.383 e. The standard InChI is InChI=1S/C18H30N4O3/c1-4-6-13-22(21-17(23)15-8-10-19-11-9-15)16(7-5-2)18(24)20-12-14-25-3/h8-11,16H,4-7,12-14H2,1-3H3,(H,20,24)(H,21,23)/t16-/m1/s1. The molecule has 0 bridgehead atoms. The molecule has 25 heavy (non-hydrogen) atoms. The van der Waals surface area contributed by atoms with Crippen LogP contribution in [0.1, 0.15) is 49.9 Å². The number of hydrogen-bond donors (Lipinski definition) is 2. The molecular weight excluding hydrogens is 320 g/mol. The van der Waals surface area contributed by atoms with Crippen molar-refractivity contribution >= 4 is 11.8 Å². The van der Waals surface area contributed by atoms with E-state index in [1.807, 2.05) is 6.92 Å². The van der Waals surface area contributed by atoms with E-state index in [-0.39, 0.29) is 11.8 Å². The van der Waals surface area contributed by atoms with Crippen molar-refractivity contribution in [3.63, 3.8) is 0 Å². The van der Waals surface area contributed by atoms with Gasteiger partial charge < -0.3 is 10.1 Å². The van der Waals surface area contributed by atoms with E-state index < -0.39 is 6.04 Å². The second-order valence-electron chi connectivity index (χ2n) is 5.81. The molecule has 1 aromatic rings. The number of carbonyl (C=O) groups excluding carboxylic acids is 2. The molecule has 2 amide bonds. The molecule has 0 saturated carbocycles. The Morgan fingerprint density at radius 3 is 2.56 bits per heavy atom. The van der Waals surface area contributed by atoms with Crippen LogP contribution in [0.5, 0.6) is 0 Å². The quantitative estimate of drug-likeness (QED) is 0.443. The molecule has 0 aromatic carbocycles. The van der Waals surface area contributed by atoms with Crippen LogP contribution >= 0.6 is 0 Å². The van der Waals surface area contributed by atoms with E-state index >= 15 is 0 Å². The third kappa shape index (κ3) is 7.62. The van der Waals surface area contributed by atoms with Crippen LogP contribution in [-0.4, -0.2) is 54.7 Å². The highest BCUT2D eigenvalue weighted by Crippen LogP contribution is 2.09. The van der Waals surface area contributed by atoms with Crippen LogP contribution in [0.2, 0.25) is 0 Å². The third-order valence-electron chi connectivity index (χ3n) is 3.79. The molecule has 7 heteroatoms. The van der Waals surface area contributed by atoms with Crippen molar-refractivity contribution in [1.82, 2.24) is 20.7 Å². The van der Waals surface area contributed by atoms with Gasteiger partial charge in [0.05, 0.1) is 6.61 Å². The van der Waals surface area contributed by atoms with Gasteiger partial charge in [-0.1, -0.05) is 26.7 Å². The van der Waals surface area contributed by atoms with Gasteiger partial charge in [-0.15, -0.1) is 0 Å². The minimum absolute atomic E-state index is 0.0926. The van der Waals surface area contributed by atoms with E-state index in [2.05, 4.69) is 22.7 Å². The van der Waals surface area contributed by atoms with Crippen LogP contribution < -0.4 is 10.7 Å². The molecule has 0 aliphatic heterocycles. The van der Waals surface area contributed by atoms with Crippen molar-refractivity contribution in [2.24, 2.45) is 0 Å². The smallest absolute Gasteiger partial charge is 0.265 e. The molecule has 140 valence electrons. The van der Waals surface area contributed by atoms with E-state index in [4.69, 9.17) is 4.74 Å². The zero-order chi connectivity index (χ0) is 18.5. The van der Waals surface area contributed by atoms with Gasteiger partial charge in [0.1, 0.15) is 6.04 Å². The summed E-state index contributed by atoms with van der Waals surface area (Å²) < 4.78 is 4.98. The summed E-state index contributed by atoms with van der Waals surface area (Å²) in [4.78, 5) is 29.0. The normalized spacial score (nSPS) is 12.0. The lowest BCUT2D eigenvalue weighted by Crippen LogP contribution is -2.55. The van der Waals surface area contributed by atoms with Gasteiger partial charge >= 0.3 is 0 Å². The zero-order valence-corrected chi connectivity index (χ0v) is 15.5. The molecular formula is C18H30N4O3. The summed E-state index contributed by atoms with van der Waals surface area (Å²) in [7, 11) is 1.60. The van der Waals surface area contributed by atoms with Crippen molar-refractivity contribution in [1.29, 1.82) is 0 Å². The predicted molar refractivity (Wildman–Crippen MR) is 96.9 cm³/mol. The Morgan fingerprint density at radius 1 is 1.24 bits per heavy atom. The molecule has 1 atom stereocenters. The van der Waals surface area contributed by atoms with Crippen LogP contribution in [0.25, 0.3) is 0 Å². The summed E-state index contributed by atoms with van der Waals surface area (Å²) in [5.41, 5.74) is 3.42. The Morgan fingerprint density at radius 2 is 1.96 bits per heavy atom. The van der Waals surface area contributed by atoms with Gasteiger partial charge in [-0.2, -0.15) is 0 Å². The second-order valence-corrected chi connectivity index (χ2v) is 5.81. The van der Waals surface area contributed by atoms with Gasteiger partial charge in [-0.25, -0.2) is 5.01 Å². The molecule has 1 aromatic heterocycles. The maximum Gasteiger partial charge on any atom is 0.265 e. The van der Waals surface area contributed by atoms with E-state index in [9.17, 15) is 9.59 Å². The molecule has 0 spiro atoms. The van der Waals surface area contributed by atoms with Gasteiger partial charge in [0.15, 0.2) is 0 Å². The highest BCUT2D eigenvalue weighted by molar-refractivity contribution is 5.94. The molecule has 0 unspecified atom stereocenters. The number of unbranched alkanes of at least 4 members (excludes halogenated alkanes) is 1. The van der Waals surface area contributed by atoms with Crippen LogP contribution in [-0.2, 0) is 9.53 Å². The highest BCUT2D eigenvalue weighted by atomic mass is 16.5. The number of nitrogens with one attached hydrogen (secondary N) is 2. The van der Waals surface area contributed by atoms with E-state index in [0.717, 1.165) is 19.3 Å². The summed E-state index contributed by atoms with van der Waals surface area (Å²) in [6, 6.07) is 2.90. The first-order valence-corrected chi connectivity index (χ1v) is 8.88. The summed E-state index contributed by atoms with van der Waals surface area (Å²) in [5, 5.41) is 4.63. The number of carbonyl (C=O) groups is 2. The van der Waals surface area contributed by atoms with E-state index in [1.54, 1.807) is 36.6 Å². The lowest BCUT2D eigenvalue weighted by Gasteiger charge is -2.31. The van der Waals surface area contributed by atoms with Crippen molar-refractivity contribution in [3.8, 4) is 0 Å². The Balaban J connectivity index is 2.83. The Labute approximate surface area is 150 Å². The predicted octanol–water partition coefficient (Wildman–Crippen LogP) is 1.76. The topological polar surface area (TPSA) is 83.6 Å². The second kappa shape index (κ2) is 12.4. The maximum atomic E-state index is 12.6. The third-order valence-corrected chi connectivity index (χ3v) is 3.79. The molecule has 0 radical (unpaired) electrons. The number of nitrogens with zero attached hydrogens (tertiary/aromatic N) is 2. The van der Waals surface area contributed by atoms with E-state index in [0.29, 0.717) is 31.7 Å². The maximum absolute atomic E-state index is 12.6. The lowest BCUT2D eigenvalue weighted by atomic mass is 10.1. The largest absolute Gasteiger partial charge is 0.383 e. The van der Waals surface area contributed by atoms with Gasteiger partial charge in [0.2, 0.25) is 5.91 Å². The first-order valence-electron chi connectivity index (χ1n) is 8.88. The molecule has 7 nitrogen and oxygen atoms in total. The Kier molecular flexibility index (Phi) is 10.4. The minimum atomic E-state index is -0.404. The van der Waals surface area contributed by atoms with Gasteiger partial charge in [-0.3, -0.25) is 20.0 Å². The molecule has 0 aliphatic rings. The fourth-order valence-electron chi connectivity index (χ4n) is 2.41. The van der Waals surface area contributed by atoms with Gasteiger partial charge in [0, 0.05) is 38.2 Å². The number of amides is 2. The number of ether oxygens (including phenoxy) is 1. The molecule has 0 fully saturated rings. The summed E-state index contributed by atoms with van der Waals surface area (Å²) in [6.45, 7) is 5.64. The molecule has 2 N–H and O–H groups in total. The van der Waals surface area contributed by atoms with E-state index in [1.165, 1.54) is 0 Å². The van der Waals surface area contributed by atoms with Crippen LogP contribution in [0.4, 0.5) is 0 Å². The molecule has 0 saturated heterocycles. The average molecular weight is 350 g/mol. The molecule has 0 aliphatic carbocycles. The number of methoxy groups -OCH3 is 1. The molecule has 1 heterocycles. The monoisotopic (exact) mass is 350 g/mol. The lowest BCUT2D eigenvalue weighted by molar-refractivity contribution is -0.128. The van der Waals surface area contributed by atoms with Gasteiger partial charge in [-0.05, 0) is 25.0 Å². The van der Waals surface area contributed by atoms with Gasteiger partial charge in [0.25, 0.3) is 5.91 Å². The fourth-order valence-corrected chi connectivity index (χ4v) is 2.41. The first kappa shape index (κ1) is 21.1. The van der Waals surface area contributed by atoms with Crippen LogP contribution in [0.15, 0.2) is 24.5 Å². The number of rotatable bonds is 12. The fraction of sp³-hybridized carbons (Fsp3) is 0.611. The number of hydrazine groups is 1. The SMILES string of the molecule is CCCCN(NC(=O)c1ccncc1)[C@H](CCC)C(=O)NCCOC. The van der Waals surface area contributed by atoms with Crippen molar-refractivity contribution in [2.75, 3.05) is 26.8 Å². The Hall–Kier alpha value is -1.99. The molecule has 1 rings (SSSR count). The number of pyridine rings is 1. The average Bonchev–Trinajstić information content (AvgIpc) is 2.64. The number of hydrogen-bond acceptors (Lipinski definition) is 5. The highest BCUT2D eigenvalue weighted by Gasteiger charge is 2.26. The summed E-state index contributed by atoms with van der Waals surface area (Å²) >= 11 is 0. The number of aromatic nitrogens is 1. The van der Waals surface area contributed by atoms with Crippen molar-refractivity contribution in [3.05, 3.63) is 30.1 Å². The van der Waals surface area contributed by atoms with Crippen LogP contribution in [0.3, 0.4) is 0 Å². The zero-order valence-electron chi connectivity index (χ0n) is 15.5. The van der Waals surface area contributed by atoms with Crippen molar-refractivity contribution < 1.29 is 14.3 Å². The summed E-state index contributed by atoms with van der Waals surface area (Å²) in [5.74, 6) is -0.325. The van der Waals surface area contributed by atoms with Crippen molar-refractivity contribution in [2.45, 2.75) is 45.6 Å². The van der Waals surface area contributed by atoms with Crippen LogP contribution in [0, 0.1) is 0 Å². The summed E-state index contributed by atoms with van der Waals surface area (Å²) in [6.07, 6.45) is 6.53.